The molecular formula is C21H29N7O3. The lowest BCUT2D eigenvalue weighted by atomic mass is 10.0. The Labute approximate surface area is 181 Å². The molecule has 0 radical (unpaired) electrons. The van der Waals surface area contributed by atoms with Gasteiger partial charge in [0.2, 0.25) is 0 Å². The molecule has 31 heavy (non-hydrogen) atoms. The van der Waals surface area contributed by atoms with Crippen molar-refractivity contribution >= 4 is 23.6 Å². The minimum atomic E-state index is -0.410. The lowest BCUT2D eigenvalue weighted by molar-refractivity contribution is 0.0946. The number of hydrogen-bond donors (Lipinski definition) is 4. The van der Waals surface area contributed by atoms with Gasteiger partial charge in [0.25, 0.3) is 5.91 Å². The van der Waals surface area contributed by atoms with E-state index in [9.17, 15) is 9.59 Å². The normalized spacial score (nSPS) is 22.0. The number of hydrogen-bond acceptors (Lipinski definition) is 7. The number of anilines is 2. The number of amides is 2. The van der Waals surface area contributed by atoms with Gasteiger partial charge in [-0.25, -0.2) is 9.78 Å². The zero-order valence-electron chi connectivity index (χ0n) is 17.9. The van der Waals surface area contributed by atoms with Crippen LogP contribution < -0.4 is 16.0 Å². The minimum absolute atomic E-state index is 0.100. The molecule has 0 aromatic carbocycles. The number of pyridine rings is 1. The number of carbonyl (C=O) groups excluding carboxylic acids is 2. The van der Waals surface area contributed by atoms with Gasteiger partial charge in [-0.15, -0.1) is 0 Å². The van der Waals surface area contributed by atoms with Crippen LogP contribution in [0.25, 0.3) is 0 Å². The summed E-state index contributed by atoms with van der Waals surface area (Å²) in [5, 5.41) is 16.3. The van der Waals surface area contributed by atoms with Gasteiger partial charge >= 0.3 is 6.09 Å². The predicted molar refractivity (Wildman–Crippen MR) is 115 cm³/mol. The summed E-state index contributed by atoms with van der Waals surface area (Å²) in [6.45, 7) is 1.45. The van der Waals surface area contributed by atoms with Gasteiger partial charge in [0.1, 0.15) is 17.6 Å². The second kappa shape index (κ2) is 9.34. The molecule has 1 fully saturated rings. The molecule has 2 aliphatic rings. The standard InChI is InChI=1S/C21H29N7O3/c1-28(2)12-14-5-7-17-24-18-11-16(26-27-18)13-4-6-15(10-13)31-21(30)23-9-3-8-22-20(29)19(14)25-17/h5,7,11,13,15H,3-4,6,8-10,12H2,1-2H3,(H,22,29)(H,23,30)(H2,24,25,26,27)/t13-,15+/m0/s1. The molecule has 4 rings (SSSR count). The molecular weight excluding hydrogens is 398 g/mol. The highest BCUT2D eigenvalue weighted by atomic mass is 16.6. The van der Waals surface area contributed by atoms with E-state index in [2.05, 4.69) is 31.1 Å². The van der Waals surface area contributed by atoms with Crippen molar-refractivity contribution in [2.75, 3.05) is 32.5 Å². The predicted octanol–water partition coefficient (Wildman–Crippen LogP) is 2.11. The number of alkyl carbamates (subject to hydrolysis) is 1. The average Bonchev–Trinajstić information content (AvgIpc) is 3.37. The van der Waals surface area contributed by atoms with E-state index >= 15 is 0 Å². The van der Waals surface area contributed by atoms with E-state index in [1.807, 2.05) is 37.2 Å². The molecule has 0 spiro atoms. The Morgan fingerprint density at radius 3 is 2.81 bits per heavy atom. The molecule has 2 atom stereocenters. The second-order valence-electron chi connectivity index (χ2n) is 8.35. The van der Waals surface area contributed by atoms with Crippen LogP contribution in [0.1, 0.15) is 53.3 Å². The number of fused-ring (bicyclic) bond motifs is 7. The third-order valence-corrected chi connectivity index (χ3v) is 5.54. The summed E-state index contributed by atoms with van der Waals surface area (Å²) in [5.41, 5.74) is 2.21. The fourth-order valence-corrected chi connectivity index (χ4v) is 4.05. The maximum absolute atomic E-state index is 12.8. The van der Waals surface area contributed by atoms with Gasteiger partial charge in [0.15, 0.2) is 5.82 Å². The second-order valence-corrected chi connectivity index (χ2v) is 8.35. The van der Waals surface area contributed by atoms with Crippen molar-refractivity contribution in [2.45, 2.75) is 44.2 Å². The third-order valence-electron chi connectivity index (χ3n) is 5.54. The van der Waals surface area contributed by atoms with Gasteiger partial charge in [-0.1, -0.05) is 6.07 Å². The SMILES string of the molecule is CN(C)Cc1ccc2nc1C(=O)NCCCNC(=O)O[C@@H]1CC[C@@H](C1)c1cc(n[nH]1)N2. The molecule has 0 unspecified atom stereocenters. The monoisotopic (exact) mass is 427 g/mol. The summed E-state index contributed by atoms with van der Waals surface area (Å²) in [6, 6.07) is 5.72. The fourth-order valence-electron chi connectivity index (χ4n) is 4.05. The third kappa shape index (κ3) is 5.32. The number of H-pyrrole nitrogens is 1. The highest BCUT2D eigenvalue weighted by Gasteiger charge is 2.30. The number of ether oxygens (including phenoxy) is 1. The summed E-state index contributed by atoms with van der Waals surface area (Å²) in [7, 11) is 3.89. The van der Waals surface area contributed by atoms with Crippen molar-refractivity contribution in [1.82, 2.24) is 30.7 Å². The van der Waals surface area contributed by atoms with Crippen LogP contribution in [0, 0.1) is 0 Å². The Morgan fingerprint density at radius 2 is 1.97 bits per heavy atom. The van der Waals surface area contributed by atoms with E-state index in [-0.39, 0.29) is 17.9 Å². The summed E-state index contributed by atoms with van der Waals surface area (Å²) < 4.78 is 5.54. The molecule has 10 nitrogen and oxygen atoms in total. The summed E-state index contributed by atoms with van der Waals surface area (Å²) in [6.07, 6.45) is 2.62. The van der Waals surface area contributed by atoms with Crippen LogP contribution in [0.3, 0.4) is 0 Å². The van der Waals surface area contributed by atoms with Crippen LogP contribution in [0.2, 0.25) is 0 Å². The molecule has 1 saturated carbocycles. The number of carbonyl (C=O) groups is 2. The Hall–Kier alpha value is -3.14. The van der Waals surface area contributed by atoms with Crippen LogP contribution in [-0.2, 0) is 11.3 Å². The van der Waals surface area contributed by atoms with Crippen LogP contribution in [0.5, 0.6) is 0 Å². The number of rotatable bonds is 2. The van der Waals surface area contributed by atoms with Crippen LogP contribution in [0.4, 0.5) is 16.4 Å². The fraction of sp³-hybridized carbons (Fsp3) is 0.524. The molecule has 4 N–H and O–H groups in total. The van der Waals surface area contributed by atoms with Gasteiger partial charge in [0, 0.05) is 37.3 Å². The van der Waals surface area contributed by atoms with Gasteiger partial charge in [0.05, 0.1) is 0 Å². The van der Waals surface area contributed by atoms with Crippen molar-refractivity contribution in [3.8, 4) is 0 Å². The molecule has 10 heteroatoms. The van der Waals surface area contributed by atoms with Gasteiger partial charge < -0.3 is 25.6 Å². The van der Waals surface area contributed by atoms with E-state index in [1.165, 1.54) is 0 Å². The van der Waals surface area contributed by atoms with Gasteiger partial charge in [-0.2, -0.15) is 5.10 Å². The highest BCUT2D eigenvalue weighted by molar-refractivity contribution is 5.94. The Morgan fingerprint density at radius 1 is 1.13 bits per heavy atom. The molecule has 1 aliphatic carbocycles. The molecule has 1 aliphatic heterocycles. The molecule has 166 valence electrons. The first-order chi connectivity index (χ1) is 15.0. The number of aromatic amines is 1. The molecule has 2 aromatic heterocycles. The van der Waals surface area contributed by atoms with Gasteiger partial charge in [-0.3, -0.25) is 9.89 Å². The topological polar surface area (TPSA) is 124 Å². The molecule has 3 heterocycles. The lowest BCUT2D eigenvalue weighted by Crippen LogP contribution is -2.32. The summed E-state index contributed by atoms with van der Waals surface area (Å²) in [5.74, 6) is 1.21. The van der Waals surface area contributed by atoms with Gasteiger partial charge in [-0.05, 0) is 51.4 Å². The first kappa shape index (κ1) is 21.1. The van der Waals surface area contributed by atoms with E-state index in [1.54, 1.807) is 0 Å². The average molecular weight is 428 g/mol. The van der Waals surface area contributed by atoms with E-state index in [0.29, 0.717) is 43.4 Å². The zero-order chi connectivity index (χ0) is 21.8. The van der Waals surface area contributed by atoms with Crippen LogP contribution in [0.15, 0.2) is 18.2 Å². The number of aromatic nitrogens is 3. The van der Waals surface area contributed by atoms with Crippen molar-refractivity contribution in [3.63, 3.8) is 0 Å². The lowest BCUT2D eigenvalue weighted by Gasteiger charge is -2.15. The Balaban J connectivity index is 1.59. The van der Waals surface area contributed by atoms with Crippen molar-refractivity contribution in [1.29, 1.82) is 0 Å². The van der Waals surface area contributed by atoms with Crippen LogP contribution in [-0.4, -0.2) is 65.4 Å². The Bertz CT molecular complexity index is 943. The molecule has 2 amide bonds. The highest BCUT2D eigenvalue weighted by Crippen LogP contribution is 2.36. The van der Waals surface area contributed by atoms with E-state index in [0.717, 1.165) is 30.5 Å². The van der Waals surface area contributed by atoms with Crippen molar-refractivity contribution in [2.24, 2.45) is 0 Å². The molecule has 6 bridgehead atoms. The maximum atomic E-state index is 12.8. The number of nitrogens with one attached hydrogen (secondary N) is 4. The van der Waals surface area contributed by atoms with E-state index < -0.39 is 6.09 Å². The first-order valence-electron chi connectivity index (χ1n) is 10.7. The first-order valence-corrected chi connectivity index (χ1v) is 10.7. The van der Waals surface area contributed by atoms with Crippen molar-refractivity contribution in [3.05, 3.63) is 35.2 Å². The quantitative estimate of drug-likeness (QED) is 0.579. The number of nitrogens with zero attached hydrogens (tertiary/aromatic N) is 3. The summed E-state index contributed by atoms with van der Waals surface area (Å²) >= 11 is 0. The Kier molecular flexibility index (Phi) is 6.36. The molecule has 2 aromatic rings. The van der Waals surface area contributed by atoms with Crippen molar-refractivity contribution < 1.29 is 14.3 Å². The zero-order valence-corrected chi connectivity index (χ0v) is 17.9. The summed E-state index contributed by atoms with van der Waals surface area (Å²) in [4.78, 5) is 31.4. The maximum Gasteiger partial charge on any atom is 0.407 e. The largest absolute Gasteiger partial charge is 0.446 e. The van der Waals surface area contributed by atoms with E-state index in [4.69, 9.17) is 4.74 Å². The van der Waals surface area contributed by atoms with Crippen LogP contribution >= 0.6 is 0 Å². The smallest absolute Gasteiger partial charge is 0.407 e. The molecule has 0 saturated heterocycles. The minimum Gasteiger partial charge on any atom is -0.446 e.